The van der Waals surface area contributed by atoms with Gasteiger partial charge in [-0.15, -0.1) is 0 Å². The van der Waals surface area contributed by atoms with Crippen molar-refractivity contribution in [3.63, 3.8) is 0 Å². The molecule has 33 heavy (non-hydrogen) atoms. The van der Waals surface area contributed by atoms with Crippen LogP contribution in [-0.4, -0.2) is 74.7 Å². The molecule has 9 nitrogen and oxygen atoms in total. The number of pyridine rings is 1. The molecule has 1 N–H and O–H groups in total. The minimum atomic E-state index is -0.299. The number of fused-ring (bicyclic) bond motifs is 1. The van der Waals surface area contributed by atoms with Crippen molar-refractivity contribution in [1.82, 2.24) is 24.3 Å². The van der Waals surface area contributed by atoms with Crippen molar-refractivity contribution in [2.75, 3.05) is 31.5 Å². The van der Waals surface area contributed by atoms with E-state index in [4.69, 9.17) is 4.74 Å². The van der Waals surface area contributed by atoms with Crippen LogP contribution in [0.4, 0.5) is 10.5 Å². The Kier molecular flexibility index (Phi) is 6.72. The van der Waals surface area contributed by atoms with Crippen LogP contribution in [0.2, 0.25) is 0 Å². The van der Waals surface area contributed by atoms with Crippen molar-refractivity contribution in [3.05, 3.63) is 18.1 Å². The number of likely N-dealkylation sites (tertiary alicyclic amines) is 2. The molecule has 0 bridgehead atoms. The predicted molar refractivity (Wildman–Crippen MR) is 126 cm³/mol. The Morgan fingerprint density at radius 1 is 1.18 bits per heavy atom. The first-order valence-electron chi connectivity index (χ1n) is 11.6. The maximum atomic E-state index is 12.6. The van der Waals surface area contributed by atoms with Gasteiger partial charge in [0.15, 0.2) is 5.65 Å². The lowest BCUT2D eigenvalue weighted by atomic mass is 10.0. The van der Waals surface area contributed by atoms with Gasteiger partial charge >= 0.3 is 6.09 Å². The number of carbonyl (C=O) groups is 2. The fourth-order valence-electron chi connectivity index (χ4n) is 4.46. The van der Waals surface area contributed by atoms with Gasteiger partial charge in [0.2, 0.25) is 0 Å². The van der Waals surface area contributed by atoms with Crippen LogP contribution in [-0.2, 0) is 9.53 Å². The van der Waals surface area contributed by atoms with Crippen molar-refractivity contribution >= 4 is 28.9 Å². The number of anilines is 1. The Bertz CT molecular complexity index is 1090. The van der Waals surface area contributed by atoms with Gasteiger partial charge in [-0.1, -0.05) is 5.92 Å². The minimum Gasteiger partial charge on any atom is -0.444 e. The number of nitrogens with zero attached hydrogens (tertiary/aromatic N) is 5. The number of hydrogen-bond acceptors (Lipinski definition) is 6. The monoisotopic (exact) mass is 452 g/mol. The van der Waals surface area contributed by atoms with Crippen LogP contribution in [0.1, 0.15) is 51.8 Å². The summed E-state index contributed by atoms with van der Waals surface area (Å²) in [6.07, 6.45) is 3.58. The molecule has 176 valence electrons. The summed E-state index contributed by atoms with van der Waals surface area (Å²) in [5, 5.41) is 3.63. The van der Waals surface area contributed by atoms with E-state index < -0.39 is 0 Å². The van der Waals surface area contributed by atoms with Gasteiger partial charge < -0.3 is 24.4 Å². The Morgan fingerprint density at radius 3 is 2.61 bits per heavy atom. The molecule has 2 amide bonds. The molecule has 2 fully saturated rings. The van der Waals surface area contributed by atoms with Crippen LogP contribution in [0, 0.1) is 18.8 Å². The van der Waals surface area contributed by atoms with Gasteiger partial charge in [0.25, 0.3) is 5.91 Å². The van der Waals surface area contributed by atoms with Gasteiger partial charge in [-0.25, -0.2) is 14.8 Å². The molecule has 4 rings (SSSR count). The van der Waals surface area contributed by atoms with Crippen molar-refractivity contribution in [2.24, 2.45) is 0 Å². The first-order chi connectivity index (χ1) is 15.9. The number of ether oxygens (including phenoxy) is 1. The maximum absolute atomic E-state index is 12.6. The number of hydrogen-bond donors (Lipinski definition) is 1. The lowest BCUT2D eigenvalue weighted by molar-refractivity contribution is -0.124. The molecular weight excluding hydrogens is 420 g/mol. The second-order valence-corrected chi connectivity index (χ2v) is 9.06. The average molecular weight is 453 g/mol. The van der Waals surface area contributed by atoms with E-state index in [-0.39, 0.29) is 30.2 Å². The highest BCUT2D eigenvalue weighted by atomic mass is 16.6. The van der Waals surface area contributed by atoms with Crippen molar-refractivity contribution in [3.8, 4) is 11.8 Å². The molecule has 2 aromatic rings. The van der Waals surface area contributed by atoms with E-state index in [0.717, 1.165) is 35.4 Å². The van der Waals surface area contributed by atoms with Crippen molar-refractivity contribution < 1.29 is 14.3 Å². The summed E-state index contributed by atoms with van der Waals surface area (Å²) in [5.74, 6) is 4.95. The minimum absolute atomic E-state index is 0.207. The highest BCUT2D eigenvalue weighted by Gasteiger charge is 2.31. The topological polar surface area (TPSA) is 92.6 Å². The highest BCUT2D eigenvalue weighted by molar-refractivity contribution is 5.93. The van der Waals surface area contributed by atoms with Crippen LogP contribution in [0.25, 0.3) is 11.2 Å². The third-order valence-corrected chi connectivity index (χ3v) is 6.26. The van der Waals surface area contributed by atoms with E-state index in [1.807, 2.05) is 19.3 Å². The standard InChI is InChI=1S/C24H32N6O3/c1-5-6-21(31)29-12-9-19(14-29)33-24(32)28-10-7-18(8-11-28)27-20-13-17(4)26-23-22(20)25-15-30(23)16(2)3/h13,15-16,18-19H,7-12,14H2,1-4H3,(H,26,27)/t19-/m0/s1. The van der Waals surface area contributed by atoms with Gasteiger partial charge in [-0.2, -0.15) is 0 Å². The van der Waals surface area contributed by atoms with Gasteiger partial charge in [-0.3, -0.25) is 4.79 Å². The van der Waals surface area contributed by atoms with Gasteiger partial charge in [0, 0.05) is 43.8 Å². The van der Waals surface area contributed by atoms with E-state index >= 15 is 0 Å². The number of aryl methyl sites for hydroxylation is 1. The Hall–Kier alpha value is -3.28. The number of rotatable bonds is 4. The van der Waals surface area contributed by atoms with Crippen molar-refractivity contribution in [1.29, 1.82) is 0 Å². The molecule has 2 aliphatic heterocycles. The number of amides is 2. The van der Waals surface area contributed by atoms with E-state index in [2.05, 4.69) is 45.5 Å². The predicted octanol–water partition coefficient (Wildman–Crippen LogP) is 2.96. The number of piperidine rings is 1. The van der Waals surface area contributed by atoms with Crippen LogP contribution in [0.15, 0.2) is 12.4 Å². The van der Waals surface area contributed by atoms with E-state index in [0.29, 0.717) is 32.6 Å². The normalized spacial score (nSPS) is 19.0. The summed E-state index contributed by atoms with van der Waals surface area (Å²) < 4.78 is 7.75. The van der Waals surface area contributed by atoms with Gasteiger partial charge in [-0.05, 0) is 52.5 Å². The van der Waals surface area contributed by atoms with Gasteiger partial charge in [0.05, 0.1) is 18.6 Å². The lowest BCUT2D eigenvalue weighted by Gasteiger charge is -2.33. The van der Waals surface area contributed by atoms with Crippen LogP contribution in [0.3, 0.4) is 0 Å². The van der Waals surface area contributed by atoms with E-state index in [1.54, 1.807) is 16.7 Å². The number of carbonyl (C=O) groups excluding carboxylic acids is 2. The lowest BCUT2D eigenvalue weighted by Crippen LogP contribution is -2.44. The SMILES string of the molecule is CC#CC(=O)N1CC[C@H](OC(=O)N2CCC(Nc3cc(C)nc4c3ncn4C(C)C)CC2)C1. The van der Waals surface area contributed by atoms with Crippen molar-refractivity contribution in [2.45, 2.75) is 65.1 Å². The third-order valence-electron chi connectivity index (χ3n) is 6.26. The fourth-order valence-corrected chi connectivity index (χ4v) is 4.46. The Morgan fingerprint density at radius 2 is 1.91 bits per heavy atom. The zero-order chi connectivity index (χ0) is 23.5. The molecule has 0 unspecified atom stereocenters. The summed E-state index contributed by atoms with van der Waals surface area (Å²) in [6.45, 7) is 10.1. The highest BCUT2D eigenvalue weighted by Crippen LogP contribution is 2.26. The first kappa shape index (κ1) is 22.9. The number of imidazole rings is 1. The molecule has 1 atom stereocenters. The molecule has 0 radical (unpaired) electrons. The van der Waals surface area contributed by atoms with Crippen LogP contribution >= 0.6 is 0 Å². The Balaban J connectivity index is 1.31. The molecule has 0 aliphatic carbocycles. The van der Waals surface area contributed by atoms with E-state index in [9.17, 15) is 9.59 Å². The molecule has 9 heteroatoms. The first-order valence-corrected chi connectivity index (χ1v) is 11.6. The molecule has 2 aromatic heterocycles. The maximum Gasteiger partial charge on any atom is 0.410 e. The summed E-state index contributed by atoms with van der Waals surface area (Å²) in [6, 6.07) is 2.57. The average Bonchev–Trinajstić information content (AvgIpc) is 3.41. The molecule has 0 aromatic carbocycles. The van der Waals surface area contributed by atoms with Crippen LogP contribution in [0.5, 0.6) is 0 Å². The number of aromatic nitrogens is 3. The summed E-state index contributed by atoms with van der Waals surface area (Å²) >= 11 is 0. The summed E-state index contributed by atoms with van der Waals surface area (Å²) in [4.78, 5) is 37.2. The quantitative estimate of drug-likeness (QED) is 0.717. The van der Waals surface area contributed by atoms with Gasteiger partial charge in [0.1, 0.15) is 11.6 Å². The summed E-state index contributed by atoms with van der Waals surface area (Å²) in [7, 11) is 0. The van der Waals surface area contributed by atoms with Crippen LogP contribution < -0.4 is 5.32 Å². The molecule has 0 saturated carbocycles. The molecule has 2 saturated heterocycles. The molecule has 4 heterocycles. The second kappa shape index (κ2) is 9.69. The molecule has 0 spiro atoms. The Labute approximate surface area is 194 Å². The third kappa shape index (κ3) is 5.05. The van der Waals surface area contributed by atoms with E-state index in [1.165, 1.54) is 0 Å². The molecule has 2 aliphatic rings. The smallest absolute Gasteiger partial charge is 0.410 e. The second-order valence-electron chi connectivity index (χ2n) is 9.06. The number of nitrogens with one attached hydrogen (secondary N) is 1. The zero-order valence-corrected chi connectivity index (χ0v) is 19.8. The molecular formula is C24H32N6O3. The summed E-state index contributed by atoms with van der Waals surface area (Å²) in [5.41, 5.74) is 3.71. The largest absolute Gasteiger partial charge is 0.444 e. The zero-order valence-electron chi connectivity index (χ0n) is 19.8. The fraction of sp³-hybridized carbons (Fsp3) is 0.583.